The van der Waals surface area contributed by atoms with Crippen LogP contribution in [0.15, 0.2) is 51.4 Å². The molecule has 0 radical (unpaired) electrons. The molecule has 0 amide bonds. The van der Waals surface area contributed by atoms with Gasteiger partial charge in [-0.15, -0.1) is 11.3 Å². The van der Waals surface area contributed by atoms with Crippen molar-refractivity contribution in [1.29, 1.82) is 0 Å². The lowest BCUT2D eigenvalue weighted by molar-refractivity contribution is 0.0238. The van der Waals surface area contributed by atoms with Gasteiger partial charge in [0.05, 0.1) is 22.1 Å². The molecule has 2 atom stereocenters. The van der Waals surface area contributed by atoms with Crippen molar-refractivity contribution in [2.45, 2.75) is 44.6 Å². The van der Waals surface area contributed by atoms with E-state index >= 15 is 4.39 Å². The van der Waals surface area contributed by atoms with Crippen LogP contribution in [0.4, 0.5) is 10.1 Å². The first kappa shape index (κ1) is 21.4. The summed E-state index contributed by atoms with van der Waals surface area (Å²) in [5, 5.41) is 0. The van der Waals surface area contributed by atoms with E-state index in [2.05, 4.69) is 74.9 Å². The highest BCUT2D eigenvalue weighted by Crippen LogP contribution is 2.54. The molecular weight excluding hydrogens is 545 g/mol. The van der Waals surface area contributed by atoms with Crippen molar-refractivity contribution in [2.75, 3.05) is 12.0 Å². The summed E-state index contributed by atoms with van der Waals surface area (Å²) in [5.74, 6) is 0.371. The van der Waals surface area contributed by atoms with E-state index in [0.717, 1.165) is 27.9 Å². The van der Waals surface area contributed by atoms with E-state index in [9.17, 15) is 0 Å². The summed E-state index contributed by atoms with van der Waals surface area (Å²) >= 11 is 8.73. The second-order valence-corrected chi connectivity index (χ2v) is 11.6. The lowest BCUT2D eigenvalue weighted by Gasteiger charge is -2.40. The summed E-state index contributed by atoms with van der Waals surface area (Å²) in [4.78, 5) is 4.58. The molecule has 2 unspecified atom stereocenters. The van der Waals surface area contributed by atoms with Crippen LogP contribution < -0.4 is 9.64 Å². The summed E-state index contributed by atoms with van der Waals surface area (Å²) in [5.41, 5.74) is 2.69. The Bertz CT molecular complexity index is 1160. The number of thiophene rings is 1. The SMILES string of the molecule is COC(C)(C)Cc1ccc(C2Oc3cc(Br)cc(F)c3C3Cc4cc(Br)ccc4N32)s1. The van der Waals surface area contributed by atoms with Crippen molar-refractivity contribution in [3.63, 3.8) is 0 Å². The van der Waals surface area contributed by atoms with Crippen LogP contribution >= 0.6 is 43.2 Å². The molecule has 0 saturated carbocycles. The van der Waals surface area contributed by atoms with E-state index in [1.165, 1.54) is 16.5 Å². The summed E-state index contributed by atoms with van der Waals surface area (Å²) in [7, 11) is 1.74. The molecule has 2 aliphatic rings. The van der Waals surface area contributed by atoms with E-state index in [0.29, 0.717) is 15.8 Å². The lowest BCUT2D eigenvalue weighted by Crippen LogP contribution is -2.37. The Hall–Kier alpha value is -1.41. The van der Waals surface area contributed by atoms with E-state index in [-0.39, 0.29) is 23.7 Å². The number of rotatable bonds is 4. The molecule has 162 valence electrons. The average Bonchev–Trinajstić information content (AvgIpc) is 3.30. The molecule has 3 heterocycles. The maximum Gasteiger partial charge on any atom is 0.208 e. The molecule has 0 aliphatic carbocycles. The van der Waals surface area contributed by atoms with Crippen LogP contribution in [0.5, 0.6) is 5.75 Å². The Balaban J connectivity index is 1.60. The van der Waals surface area contributed by atoms with E-state index in [1.54, 1.807) is 18.4 Å². The molecule has 0 bridgehead atoms. The summed E-state index contributed by atoms with van der Waals surface area (Å²) < 4.78 is 28.9. The van der Waals surface area contributed by atoms with Crippen LogP contribution in [0, 0.1) is 5.82 Å². The highest BCUT2D eigenvalue weighted by atomic mass is 79.9. The highest BCUT2D eigenvalue weighted by molar-refractivity contribution is 9.10. The van der Waals surface area contributed by atoms with Crippen molar-refractivity contribution < 1.29 is 13.9 Å². The number of nitrogens with zero attached hydrogens (tertiary/aromatic N) is 1. The third-order valence-corrected chi connectivity index (χ3v) is 8.10. The first-order chi connectivity index (χ1) is 14.8. The van der Waals surface area contributed by atoms with E-state index in [4.69, 9.17) is 9.47 Å². The average molecular weight is 567 g/mol. The summed E-state index contributed by atoms with van der Waals surface area (Å²) in [6.07, 6.45) is 1.26. The van der Waals surface area contributed by atoms with Crippen LogP contribution in [-0.2, 0) is 17.6 Å². The van der Waals surface area contributed by atoms with E-state index < -0.39 is 0 Å². The minimum absolute atomic E-state index is 0.105. The van der Waals surface area contributed by atoms with Gasteiger partial charge in [0.15, 0.2) is 0 Å². The molecule has 31 heavy (non-hydrogen) atoms. The van der Waals surface area contributed by atoms with Gasteiger partial charge < -0.3 is 14.4 Å². The molecule has 0 saturated heterocycles. The highest BCUT2D eigenvalue weighted by Gasteiger charge is 2.44. The van der Waals surface area contributed by atoms with Gasteiger partial charge >= 0.3 is 0 Å². The minimum atomic E-state index is -0.307. The fourth-order valence-corrected chi connectivity index (χ4v) is 6.52. The number of fused-ring (bicyclic) bond motifs is 5. The zero-order valence-electron chi connectivity index (χ0n) is 17.4. The monoisotopic (exact) mass is 565 g/mol. The summed E-state index contributed by atoms with van der Waals surface area (Å²) in [6, 6.07) is 13.8. The number of hydrogen-bond acceptors (Lipinski definition) is 4. The van der Waals surface area contributed by atoms with Crippen LogP contribution in [0.3, 0.4) is 0 Å². The second-order valence-electron chi connectivity index (χ2n) is 8.61. The predicted molar refractivity (Wildman–Crippen MR) is 130 cm³/mol. The van der Waals surface area contributed by atoms with Gasteiger partial charge in [0.25, 0.3) is 0 Å². The molecule has 2 aliphatic heterocycles. The third-order valence-electron chi connectivity index (χ3n) is 6.03. The Morgan fingerprint density at radius 2 is 1.97 bits per heavy atom. The van der Waals surface area contributed by atoms with Gasteiger partial charge in [0.2, 0.25) is 6.23 Å². The molecule has 0 spiro atoms. The molecule has 3 nitrogen and oxygen atoms in total. The molecule has 3 aromatic rings. The van der Waals surface area contributed by atoms with Crippen molar-refractivity contribution >= 4 is 48.9 Å². The third kappa shape index (κ3) is 3.84. The largest absolute Gasteiger partial charge is 0.465 e. The van der Waals surface area contributed by atoms with Gasteiger partial charge in [-0.25, -0.2) is 4.39 Å². The number of anilines is 1. The van der Waals surface area contributed by atoms with Crippen molar-refractivity contribution in [3.8, 4) is 5.75 Å². The minimum Gasteiger partial charge on any atom is -0.465 e. The standard InChI is InChI=1S/C24H22Br2FNO2S/c1-24(2,29-3)12-16-5-7-21(31-16)23-28-18-6-4-14(25)8-13(18)9-19(28)22-17(27)10-15(26)11-20(22)30-23/h4-8,10-11,19,23H,9,12H2,1-3H3. The van der Waals surface area contributed by atoms with E-state index in [1.807, 2.05) is 12.1 Å². The molecule has 2 aromatic carbocycles. The van der Waals surface area contributed by atoms with Crippen molar-refractivity contribution in [2.24, 2.45) is 0 Å². The maximum atomic E-state index is 15.1. The Kier molecular flexibility index (Phi) is 5.44. The van der Waals surface area contributed by atoms with Gasteiger partial charge in [-0.1, -0.05) is 31.9 Å². The Labute approximate surface area is 202 Å². The molecule has 5 rings (SSSR count). The molecular formula is C24H22Br2FNO2S. The number of methoxy groups -OCH3 is 1. The van der Waals surface area contributed by atoms with Crippen LogP contribution in [-0.4, -0.2) is 12.7 Å². The Morgan fingerprint density at radius 3 is 2.74 bits per heavy atom. The number of ether oxygens (including phenoxy) is 2. The zero-order chi connectivity index (χ0) is 21.9. The first-order valence-electron chi connectivity index (χ1n) is 10.1. The zero-order valence-corrected chi connectivity index (χ0v) is 21.4. The number of halogens is 3. The van der Waals surface area contributed by atoms with Crippen molar-refractivity contribution in [3.05, 3.63) is 78.1 Å². The second kappa shape index (κ2) is 7.87. The molecule has 0 fully saturated rings. The number of benzene rings is 2. The Morgan fingerprint density at radius 1 is 1.16 bits per heavy atom. The maximum absolute atomic E-state index is 15.1. The summed E-state index contributed by atoms with van der Waals surface area (Å²) in [6.45, 7) is 4.18. The smallest absolute Gasteiger partial charge is 0.208 e. The number of hydrogen-bond donors (Lipinski definition) is 0. The van der Waals surface area contributed by atoms with Gasteiger partial charge in [-0.05, 0) is 68.3 Å². The molecule has 1 aromatic heterocycles. The topological polar surface area (TPSA) is 21.7 Å². The van der Waals surface area contributed by atoms with Crippen LogP contribution in [0.1, 0.15) is 47.0 Å². The van der Waals surface area contributed by atoms with Gasteiger partial charge in [0, 0.05) is 33.0 Å². The molecule has 7 heteroatoms. The van der Waals surface area contributed by atoms with Crippen LogP contribution in [0.2, 0.25) is 0 Å². The predicted octanol–water partition coefficient (Wildman–Crippen LogP) is 7.57. The van der Waals surface area contributed by atoms with Gasteiger partial charge in [-0.3, -0.25) is 0 Å². The first-order valence-corrected chi connectivity index (χ1v) is 12.5. The normalized spacial score (nSPS) is 19.6. The van der Waals surface area contributed by atoms with Gasteiger partial charge in [-0.2, -0.15) is 0 Å². The quantitative estimate of drug-likeness (QED) is 0.325. The van der Waals surface area contributed by atoms with Gasteiger partial charge in [0.1, 0.15) is 11.6 Å². The molecule has 0 N–H and O–H groups in total. The fourth-order valence-electron chi connectivity index (χ4n) is 4.44. The lowest BCUT2D eigenvalue weighted by atomic mass is 9.99. The van der Waals surface area contributed by atoms with Crippen LogP contribution in [0.25, 0.3) is 0 Å². The fraction of sp³-hybridized carbons (Fsp3) is 0.333. The van der Waals surface area contributed by atoms with Crippen molar-refractivity contribution in [1.82, 2.24) is 0 Å².